The lowest BCUT2D eigenvalue weighted by Crippen LogP contribution is -2.37. The zero-order chi connectivity index (χ0) is 22.4. The fourth-order valence-corrected chi connectivity index (χ4v) is 5.83. The largest absolute Gasteiger partial charge is 0.376 e. The first-order chi connectivity index (χ1) is 16.2. The van der Waals surface area contributed by atoms with Gasteiger partial charge in [-0.15, -0.1) is 11.3 Å². The molecule has 1 fully saturated rings. The van der Waals surface area contributed by atoms with Gasteiger partial charge in [-0.1, -0.05) is 34.7 Å². The molecule has 0 saturated carbocycles. The second-order valence-electron chi connectivity index (χ2n) is 8.00. The van der Waals surface area contributed by atoms with E-state index in [-0.39, 0.29) is 12.0 Å². The molecule has 6 rings (SSSR count). The summed E-state index contributed by atoms with van der Waals surface area (Å²) in [5.41, 5.74) is 3.09. The van der Waals surface area contributed by atoms with E-state index in [0.717, 1.165) is 34.5 Å². The van der Waals surface area contributed by atoms with Crippen molar-refractivity contribution in [3.8, 4) is 10.6 Å². The minimum atomic E-state index is -0.152. The number of thiophene rings is 1. The maximum absolute atomic E-state index is 14.1. The average molecular weight is 477 g/mol. The van der Waals surface area contributed by atoms with E-state index in [1.165, 1.54) is 11.3 Å². The van der Waals surface area contributed by atoms with Crippen molar-refractivity contribution in [1.82, 2.24) is 15.1 Å². The molecule has 0 bridgehead atoms. The van der Waals surface area contributed by atoms with E-state index >= 15 is 0 Å². The van der Waals surface area contributed by atoms with Crippen molar-refractivity contribution in [1.29, 1.82) is 0 Å². The average Bonchev–Trinajstić information content (AvgIpc) is 3.64. The van der Waals surface area contributed by atoms with Crippen LogP contribution >= 0.6 is 22.7 Å². The van der Waals surface area contributed by atoms with Crippen LogP contribution in [-0.4, -0.2) is 40.3 Å². The van der Waals surface area contributed by atoms with Crippen molar-refractivity contribution in [3.63, 3.8) is 0 Å². The van der Waals surface area contributed by atoms with E-state index in [2.05, 4.69) is 10.1 Å². The van der Waals surface area contributed by atoms with Crippen molar-refractivity contribution >= 4 is 55.0 Å². The molecule has 1 unspecified atom stereocenters. The fourth-order valence-electron chi connectivity index (χ4n) is 4.17. The third-order valence-corrected chi connectivity index (χ3v) is 7.74. The maximum Gasteiger partial charge on any atom is 0.261 e. The Labute approximate surface area is 197 Å². The molecule has 0 spiro atoms. The number of amides is 1. The molecule has 9 heteroatoms. The first kappa shape index (κ1) is 20.5. The Balaban J connectivity index is 1.49. The van der Waals surface area contributed by atoms with Gasteiger partial charge in [0.2, 0.25) is 0 Å². The topological polar surface area (TPSA) is 81.4 Å². The molecule has 0 N–H and O–H groups in total. The number of fused-ring (bicyclic) bond motifs is 2. The highest BCUT2D eigenvalue weighted by molar-refractivity contribution is 7.22. The number of pyridine rings is 1. The SMILES string of the molecule is Cc1noc2nc(-c3cccs3)cc(C(=O)N(CC3CCCO3)c3nc4ccccc4s3)c12. The van der Waals surface area contributed by atoms with Gasteiger partial charge in [-0.2, -0.15) is 0 Å². The van der Waals surface area contributed by atoms with Crippen molar-refractivity contribution in [2.75, 3.05) is 18.1 Å². The molecule has 1 amide bonds. The minimum absolute atomic E-state index is 0.0152. The molecule has 33 heavy (non-hydrogen) atoms. The molecule has 1 aliphatic rings. The number of anilines is 1. The number of carbonyl (C=O) groups excluding carboxylic acids is 1. The van der Waals surface area contributed by atoms with E-state index in [1.807, 2.05) is 54.8 Å². The van der Waals surface area contributed by atoms with Crippen LogP contribution in [0.25, 0.3) is 31.9 Å². The monoisotopic (exact) mass is 476 g/mol. The van der Waals surface area contributed by atoms with Crippen molar-refractivity contribution in [2.24, 2.45) is 0 Å². The van der Waals surface area contributed by atoms with Crippen LogP contribution in [0.2, 0.25) is 0 Å². The Morgan fingerprint density at radius 2 is 2.12 bits per heavy atom. The lowest BCUT2D eigenvalue weighted by atomic mass is 10.1. The summed E-state index contributed by atoms with van der Waals surface area (Å²) in [5.74, 6) is -0.152. The van der Waals surface area contributed by atoms with Gasteiger partial charge >= 0.3 is 0 Å². The highest BCUT2D eigenvalue weighted by atomic mass is 32.1. The van der Waals surface area contributed by atoms with Crippen LogP contribution in [0, 0.1) is 6.92 Å². The van der Waals surface area contributed by atoms with Gasteiger partial charge in [0, 0.05) is 6.61 Å². The van der Waals surface area contributed by atoms with Crippen LogP contribution in [0.3, 0.4) is 0 Å². The van der Waals surface area contributed by atoms with Crippen molar-refractivity contribution in [2.45, 2.75) is 25.9 Å². The quantitative estimate of drug-likeness (QED) is 0.324. The number of hydrogen-bond donors (Lipinski definition) is 0. The highest BCUT2D eigenvalue weighted by Crippen LogP contribution is 2.34. The van der Waals surface area contributed by atoms with Crippen molar-refractivity contribution in [3.05, 3.63) is 59.1 Å². The molecule has 4 aromatic heterocycles. The number of aromatic nitrogens is 3. The molecule has 5 heterocycles. The highest BCUT2D eigenvalue weighted by Gasteiger charge is 2.30. The molecule has 1 aromatic carbocycles. The number of benzene rings is 1. The number of aryl methyl sites for hydroxylation is 1. The molecule has 0 radical (unpaired) electrons. The Bertz CT molecular complexity index is 1420. The molecule has 7 nitrogen and oxygen atoms in total. The second-order valence-corrected chi connectivity index (χ2v) is 9.95. The summed E-state index contributed by atoms with van der Waals surface area (Å²) in [6.45, 7) is 3.00. The van der Waals surface area contributed by atoms with Gasteiger partial charge in [0.1, 0.15) is 0 Å². The first-order valence-electron chi connectivity index (χ1n) is 10.8. The summed E-state index contributed by atoms with van der Waals surface area (Å²) >= 11 is 3.08. The summed E-state index contributed by atoms with van der Waals surface area (Å²) in [7, 11) is 0. The van der Waals surface area contributed by atoms with E-state index < -0.39 is 0 Å². The third-order valence-electron chi connectivity index (χ3n) is 5.79. The number of ether oxygens (including phenoxy) is 1. The van der Waals surface area contributed by atoms with Crippen LogP contribution in [0.15, 0.2) is 52.4 Å². The number of thiazole rings is 1. The number of para-hydroxylation sites is 1. The maximum atomic E-state index is 14.1. The Morgan fingerprint density at radius 3 is 2.91 bits per heavy atom. The van der Waals surface area contributed by atoms with Gasteiger partial charge in [-0.25, -0.2) is 9.97 Å². The fraction of sp³-hybridized carbons (Fsp3) is 0.250. The van der Waals surface area contributed by atoms with Crippen LogP contribution in [-0.2, 0) is 4.74 Å². The van der Waals surface area contributed by atoms with Gasteiger partial charge in [0.15, 0.2) is 5.13 Å². The molecular weight excluding hydrogens is 456 g/mol. The van der Waals surface area contributed by atoms with E-state index in [9.17, 15) is 4.79 Å². The van der Waals surface area contributed by atoms with Gasteiger partial charge < -0.3 is 9.26 Å². The number of carbonyl (C=O) groups is 1. The summed E-state index contributed by atoms with van der Waals surface area (Å²) in [6, 6.07) is 13.7. The second kappa shape index (κ2) is 8.33. The zero-order valence-corrected chi connectivity index (χ0v) is 19.5. The summed E-state index contributed by atoms with van der Waals surface area (Å²) in [5, 5.41) is 7.37. The van der Waals surface area contributed by atoms with Crippen LogP contribution in [0.4, 0.5) is 5.13 Å². The normalized spacial score (nSPS) is 16.1. The Morgan fingerprint density at radius 1 is 1.21 bits per heavy atom. The van der Waals surface area contributed by atoms with E-state index in [0.29, 0.717) is 39.7 Å². The van der Waals surface area contributed by atoms with Crippen LogP contribution in [0.5, 0.6) is 0 Å². The molecule has 166 valence electrons. The molecule has 5 aromatic rings. The Kier molecular flexibility index (Phi) is 5.17. The van der Waals surface area contributed by atoms with E-state index in [1.54, 1.807) is 16.2 Å². The minimum Gasteiger partial charge on any atom is -0.376 e. The number of rotatable bonds is 5. The number of nitrogens with zero attached hydrogens (tertiary/aromatic N) is 4. The van der Waals surface area contributed by atoms with Crippen LogP contribution in [0.1, 0.15) is 28.9 Å². The standard InChI is InChI=1S/C24H20N4O3S2/c1-14-21-16(12-18(19-9-5-11-32-19)25-22(21)31-27-14)23(29)28(13-15-6-4-10-30-15)24-26-17-7-2-3-8-20(17)33-24/h2-3,5,7-9,11-12,15H,4,6,10,13H2,1H3. The lowest BCUT2D eigenvalue weighted by Gasteiger charge is -2.23. The molecule has 1 aliphatic heterocycles. The van der Waals surface area contributed by atoms with Gasteiger partial charge in [0.05, 0.1) is 50.1 Å². The molecule has 1 saturated heterocycles. The smallest absolute Gasteiger partial charge is 0.261 e. The molecule has 0 aliphatic carbocycles. The van der Waals surface area contributed by atoms with Crippen molar-refractivity contribution < 1.29 is 14.1 Å². The summed E-state index contributed by atoms with van der Waals surface area (Å²) in [4.78, 5) is 26.3. The predicted octanol–water partition coefficient (Wildman–Crippen LogP) is 5.70. The predicted molar refractivity (Wildman–Crippen MR) is 130 cm³/mol. The summed E-state index contributed by atoms with van der Waals surface area (Å²) < 4.78 is 12.4. The summed E-state index contributed by atoms with van der Waals surface area (Å²) in [6.07, 6.45) is 1.91. The van der Waals surface area contributed by atoms with Gasteiger partial charge in [0.25, 0.3) is 11.6 Å². The van der Waals surface area contributed by atoms with Gasteiger partial charge in [-0.05, 0) is 49.4 Å². The Hall–Kier alpha value is -3.14. The van der Waals surface area contributed by atoms with E-state index in [4.69, 9.17) is 14.2 Å². The lowest BCUT2D eigenvalue weighted by molar-refractivity contribution is 0.0918. The third kappa shape index (κ3) is 3.72. The molecule has 1 atom stereocenters. The van der Waals surface area contributed by atoms with Crippen LogP contribution < -0.4 is 4.90 Å². The van der Waals surface area contributed by atoms with Gasteiger partial charge in [-0.3, -0.25) is 9.69 Å². The molecular formula is C24H20N4O3S2. The zero-order valence-electron chi connectivity index (χ0n) is 17.9. The number of hydrogen-bond acceptors (Lipinski definition) is 8. The first-order valence-corrected chi connectivity index (χ1v) is 12.5.